The van der Waals surface area contributed by atoms with Gasteiger partial charge in [-0.15, -0.1) is 0 Å². The molecular formula is C6H13NaO4S. The van der Waals surface area contributed by atoms with Crippen molar-refractivity contribution in [2.24, 2.45) is 0 Å². The van der Waals surface area contributed by atoms with Crippen LogP contribution in [0.5, 0.6) is 0 Å². The van der Waals surface area contributed by atoms with Gasteiger partial charge in [0.2, 0.25) is 0 Å². The van der Waals surface area contributed by atoms with Gasteiger partial charge in [-0.3, -0.25) is 0 Å². The third-order valence-corrected chi connectivity index (χ3v) is 2.15. The van der Waals surface area contributed by atoms with Crippen LogP contribution in [0.15, 0.2) is 12.3 Å². The van der Waals surface area contributed by atoms with E-state index >= 15 is 0 Å². The number of hydrogen-bond acceptors (Lipinski definition) is 4. The first-order valence-corrected chi connectivity index (χ1v) is 4.74. The van der Waals surface area contributed by atoms with Gasteiger partial charge in [-0.2, -0.15) is 8.42 Å². The average molecular weight is 204 g/mol. The Morgan fingerprint density at radius 1 is 1.67 bits per heavy atom. The second kappa shape index (κ2) is 6.91. The maximum absolute atomic E-state index is 10.8. The summed E-state index contributed by atoms with van der Waals surface area (Å²) in [6.45, 7) is 4.59. The monoisotopic (exact) mass is 204 g/mol. The topological polar surface area (TPSA) is 63.6 Å². The summed E-state index contributed by atoms with van der Waals surface area (Å²) in [4.78, 5) is 0. The Labute approximate surface area is 96.5 Å². The van der Waals surface area contributed by atoms with E-state index in [1.165, 1.54) is 6.92 Å². The van der Waals surface area contributed by atoms with E-state index in [0.717, 1.165) is 0 Å². The van der Waals surface area contributed by atoms with E-state index in [2.05, 4.69) is 10.8 Å². The molecule has 12 heavy (non-hydrogen) atoms. The summed E-state index contributed by atoms with van der Waals surface area (Å²) in [6.07, 6.45) is 0.190. The SMILES string of the molecule is C=C(C)OS(=O)(=O)CCCO.[H-].[Na+]. The van der Waals surface area contributed by atoms with Crippen molar-refractivity contribution in [3.8, 4) is 0 Å². The molecule has 0 aliphatic heterocycles. The molecule has 68 valence electrons. The van der Waals surface area contributed by atoms with Gasteiger partial charge in [0.05, 0.1) is 5.75 Å². The van der Waals surface area contributed by atoms with Crippen LogP contribution in [0.25, 0.3) is 0 Å². The van der Waals surface area contributed by atoms with E-state index in [0.29, 0.717) is 0 Å². The summed E-state index contributed by atoms with van der Waals surface area (Å²) >= 11 is 0. The molecule has 0 aromatic rings. The summed E-state index contributed by atoms with van der Waals surface area (Å²) in [5.41, 5.74) is 0. The van der Waals surface area contributed by atoms with Gasteiger partial charge in [-0.1, -0.05) is 6.58 Å². The fourth-order valence-corrected chi connectivity index (χ4v) is 1.50. The summed E-state index contributed by atoms with van der Waals surface area (Å²) in [6, 6.07) is 0. The molecule has 1 N–H and O–H groups in total. The molecule has 0 saturated heterocycles. The third-order valence-electron chi connectivity index (χ3n) is 0.822. The van der Waals surface area contributed by atoms with E-state index in [1.807, 2.05) is 0 Å². The minimum absolute atomic E-state index is 0. The van der Waals surface area contributed by atoms with Gasteiger partial charge in [-0.25, -0.2) is 0 Å². The van der Waals surface area contributed by atoms with Gasteiger partial charge >= 0.3 is 39.7 Å². The standard InChI is InChI=1S/C6H12O4S.Na.H/c1-6(2)10-11(8,9)5-3-4-7;;/h7H,1,3-5H2,2H3;;/q;+1;-1. The third kappa shape index (κ3) is 8.55. The minimum Gasteiger partial charge on any atom is -1.00 e. The van der Waals surface area contributed by atoms with Crippen molar-refractivity contribution in [3.63, 3.8) is 0 Å². The molecule has 0 aromatic heterocycles. The van der Waals surface area contributed by atoms with Gasteiger partial charge in [0.1, 0.15) is 5.76 Å². The average Bonchev–Trinajstić information content (AvgIpc) is 1.81. The fourth-order valence-electron chi connectivity index (χ4n) is 0.500. The molecule has 4 nitrogen and oxygen atoms in total. The number of aliphatic hydroxyl groups is 1. The number of aliphatic hydroxyl groups excluding tert-OH is 1. The second-order valence-electron chi connectivity index (χ2n) is 2.12. The van der Waals surface area contributed by atoms with E-state index in [-0.39, 0.29) is 55.5 Å². The van der Waals surface area contributed by atoms with Gasteiger partial charge < -0.3 is 10.7 Å². The van der Waals surface area contributed by atoms with Crippen molar-refractivity contribution in [1.29, 1.82) is 0 Å². The van der Waals surface area contributed by atoms with E-state index in [9.17, 15) is 8.42 Å². The van der Waals surface area contributed by atoms with Crippen LogP contribution in [0.1, 0.15) is 14.8 Å². The molecule has 0 aliphatic carbocycles. The van der Waals surface area contributed by atoms with E-state index in [4.69, 9.17) is 5.11 Å². The zero-order valence-corrected chi connectivity index (χ0v) is 10.2. The zero-order valence-electron chi connectivity index (χ0n) is 8.41. The first kappa shape index (κ1) is 14.9. The van der Waals surface area contributed by atoms with Crippen molar-refractivity contribution in [1.82, 2.24) is 0 Å². The minimum atomic E-state index is -3.50. The maximum Gasteiger partial charge on any atom is 1.00 e. The van der Waals surface area contributed by atoms with Crippen molar-refractivity contribution >= 4 is 10.1 Å². The van der Waals surface area contributed by atoms with Crippen LogP contribution in [0.2, 0.25) is 0 Å². The van der Waals surface area contributed by atoms with Gasteiger partial charge in [0.15, 0.2) is 0 Å². The van der Waals surface area contributed by atoms with E-state index < -0.39 is 10.1 Å². The van der Waals surface area contributed by atoms with Gasteiger partial charge in [0.25, 0.3) is 0 Å². The molecule has 0 unspecified atom stereocenters. The van der Waals surface area contributed by atoms with Crippen LogP contribution < -0.4 is 29.6 Å². The Morgan fingerprint density at radius 2 is 2.17 bits per heavy atom. The number of hydrogen-bond donors (Lipinski definition) is 1. The van der Waals surface area contributed by atoms with Crippen molar-refractivity contribution < 1.29 is 48.7 Å². The van der Waals surface area contributed by atoms with Gasteiger partial charge in [0, 0.05) is 6.61 Å². The molecule has 0 radical (unpaired) electrons. The predicted octanol–water partition coefficient (Wildman–Crippen LogP) is -2.63. The largest absolute Gasteiger partial charge is 1.00 e. The molecule has 0 aromatic carbocycles. The Kier molecular flexibility index (Phi) is 8.61. The fraction of sp³-hybridized carbons (Fsp3) is 0.667. The van der Waals surface area contributed by atoms with Crippen molar-refractivity contribution in [2.75, 3.05) is 12.4 Å². The van der Waals surface area contributed by atoms with Crippen LogP contribution in [-0.4, -0.2) is 25.9 Å². The van der Waals surface area contributed by atoms with Crippen molar-refractivity contribution in [3.05, 3.63) is 12.3 Å². The van der Waals surface area contributed by atoms with E-state index in [1.54, 1.807) is 0 Å². The molecule has 0 fully saturated rings. The number of allylic oxidation sites excluding steroid dienone is 1. The number of rotatable bonds is 5. The smallest absolute Gasteiger partial charge is 1.00 e. The molecule has 6 heteroatoms. The Balaban J connectivity index is -0.000000500. The normalized spacial score (nSPS) is 10.2. The summed E-state index contributed by atoms with van der Waals surface area (Å²) in [5.74, 6) is -0.0287. The predicted molar refractivity (Wildman–Crippen MR) is 42.5 cm³/mol. The first-order valence-electron chi connectivity index (χ1n) is 3.16. The molecule has 0 rings (SSSR count). The van der Waals surface area contributed by atoms with Crippen LogP contribution in [-0.2, 0) is 14.3 Å². The molecule has 0 atom stereocenters. The summed E-state index contributed by atoms with van der Waals surface area (Å²) < 4.78 is 26.0. The molecule has 0 aliphatic rings. The van der Waals surface area contributed by atoms with Crippen molar-refractivity contribution in [2.45, 2.75) is 13.3 Å². The molecule has 0 heterocycles. The Morgan fingerprint density at radius 3 is 2.50 bits per heavy atom. The molecule has 0 bridgehead atoms. The Bertz CT molecular complexity index is 227. The summed E-state index contributed by atoms with van der Waals surface area (Å²) in [7, 11) is -3.50. The van der Waals surface area contributed by atoms with Gasteiger partial charge in [-0.05, 0) is 13.3 Å². The quantitative estimate of drug-likeness (QED) is 0.302. The maximum atomic E-state index is 10.8. The molecule has 0 spiro atoms. The molecular weight excluding hydrogens is 191 g/mol. The Hall–Kier alpha value is 0.450. The second-order valence-corrected chi connectivity index (χ2v) is 3.81. The summed E-state index contributed by atoms with van der Waals surface area (Å²) in [5, 5.41) is 8.32. The zero-order chi connectivity index (χ0) is 8.91. The molecule has 0 saturated carbocycles. The molecule has 0 amide bonds. The van der Waals surface area contributed by atoms with Crippen LogP contribution in [0.3, 0.4) is 0 Å². The van der Waals surface area contributed by atoms with Crippen LogP contribution in [0.4, 0.5) is 0 Å². The first-order chi connectivity index (χ1) is 4.98. The van der Waals surface area contributed by atoms with Crippen LogP contribution >= 0.6 is 0 Å². The van der Waals surface area contributed by atoms with Crippen LogP contribution in [0, 0.1) is 0 Å².